The molecule has 0 aliphatic carbocycles. The molecule has 12 heteroatoms. The summed E-state index contributed by atoms with van der Waals surface area (Å²) in [4.78, 5) is 22.8. The third kappa shape index (κ3) is 8.22. The number of carbonyl (C=O) groups is 1. The third-order valence-electron chi connectivity index (χ3n) is 5.87. The van der Waals surface area contributed by atoms with Gasteiger partial charge in [-0.25, -0.2) is 13.2 Å². The number of amides is 1. The second-order valence-corrected chi connectivity index (χ2v) is 11.3. The van der Waals surface area contributed by atoms with Crippen LogP contribution in [0.4, 0.5) is 10.5 Å². The molecule has 0 bridgehead atoms. The van der Waals surface area contributed by atoms with Gasteiger partial charge in [0.25, 0.3) is 5.69 Å². The lowest BCUT2D eigenvalue weighted by atomic mass is 10.0. The SMILES string of the molecule is CC(C)CN(C[C@@H](O)[C@H](Cc1ccccc1)NC(=O)O[C@H]1CCOC1)S(=O)(=O)c1ccc([N+](=O)[O-])cc1. The average molecular weight is 536 g/mol. The van der Waals surface area contributed by atoms with E-state index in [1.54, 1.807) is 0 Å². The number of sulfonamides is 1. The molecule has 1 saturated heterocycles. The first-order chi connectivity index (χ1) is 17.6. The highest BCUT2D eigenvalue weighted by molar-refractivity contribution is 7.89. The highest BCUT2D eigenvalue weighted by atomic mass is 32.2. The molecule has 1 aliphatic rings. The number of carbonyl (C=O) groups excluding carboxylic acids is 1. The van der Waals surface area contributed by atoms with E-state index in [0.29, 0.717) is 19.6 Å². The molecule has 1 amide bonds. The number of nitro benzene ring substituents is 1. The number of benzene rings is 2. The van der Waals surface area contributed by atoms with Gasteiger partial charge in [0.05, 0.1) is 35.2 Å². The number of rotatable bonds is 12. The van der Waals surface area contributed by atoms with E-state index in [-0.39, 0.29) is 42.1 Å². The van der Waals surface area contributed by atoms with Gasteiger partial charge >= 0.3 is 6.09 Å². The first-order valence-corrected chi connectivity index (χ1v) is 13.5. The van der Waals surface area contributed by atoms with Gasteiger partial charge in [0.2, 0.25) is 10.0 Å². The minimum atomic E-state index is -4.10. The predicted molar refractivity (Wildman–Crippen MR) is 135 cm³/mol. The van der Waals surface area contributed by atoms with Gasteiger partial charge in [0.15, 0.2) is 0 Å². The quantitative estimate of drug-likeness (QED) is 0.311. The van der Waals surface area contributed by atoms with Crippen molar-refractivity contribution < 1.29 is 32.7 Å². The van der Waals surface area contributed by atoms with Crippen molar-refractivity contribution in [3.05, 3.63) is 70.3 Å². The van der Waals surface area contributed by atoms with Crippen LogP contribution in [0.25, 0.3) is 0 Å². The summed E-state index contributed by atoms with van der Waals surface area (Å²) < 4.78 is 38.6. The summed E-state index contributed by atoms with van der Waals surface area (Å²) in [5.41, 5.74) is 0.609. The molecule has 0 unspecified atom stereocenters. The van der Waals surface area contributed by atoms with Crippen LogP contribution in [0.3, 0.4) is 0 Å². The summed E-state index contributed by atoms with van der Waals surface area (Å²) in [5.74, 6) is -0.0760. The maximum atomic E-state index is 13.4. The predicted octanol–water partition coefficient (Wildman–Crippen LogP) is 2.73. The van der Waals surface area contributed by atoms with E-state index < -0.39 is 33.2 Å². The molecule has 2 N–H and O–H groups in total. The fourth-order valence-corrected chi connectivity index (χ4v) is 5.62. The number of hydrogen-bond acceptors (Lipinski definition) is 8. The number of aliphatic hydroxyl groups excluding tert-OH is 1. The molecule has 0 aromatic heterocycles. The van der Waals surface area contributed by atoms with Crippen molar-refractivity contribution in [2.75, 3.05) is 26.3 Å². The van der Waals surface area contributed by atoms with Crippen molar-refractivity contribution in [2.24, 2.45) is 5.92 Å². The Morgan fingerprint density at radius 3 is 2.43 bits per heavy atom. The topological polar surface area (TPSA) is 148 Å². The number of nitrogens with zero attached hydrogens (tertiary/aromatic N) is 2. The summed E-state index contributed by atoms with van der Waals surface area (Å²) in [7, 11) is -4.10. The second-order valence-electron chi connectivity index (χ2n) is 9.37. The van der Waals surface area contributed by atoms with Gasteiger partial charge in [-0.15, -0.1) is 0 Å². The monoisotopic (exact) mass is 535 g/mol. The number of nitrogens with one attached hydrogen (secondary N) is 1. The van der Waals surface area contributed by atoms with E-state index in [2.05, 4.69) is 5.32 Å². The molecule has 11 nitrogen and oxygen atoms in total. The number of aliphatic hydroxyl groups is 1. The molecular weight excluding hydrogens is 502 g/mol. The van der Waals surface area contributed by atoms with Crippen molar-refractivity contribution in [2.45, 2.75) is 49.8 Å². The van der Waals surface area contributed by atoms with Crippen LogP contribution in [0.1, 0.15) is 25.8 Å². The van der Waals surface area contributed by atoms with E-state index in [1.807, 2.05) is 44.2 Å². The van der Waals surface area contributed by atoms with Gasteiger partial charge in [-0.05, 0) is 30.0 Å². The number of nitro groups is 1. The summed E-state index contributed by atoms with van der Waals surface area (Å²) in [6.45, 7) is 4.27. The number of ether oxygens (including phenoxy) is 2. The van der Waals surface area contributed by atoms with Crippen molar-refractivity contribution in [3.63, 3.8) is 0 Å². The highest BCUT2D eigenvalue weighted by Gasteiger charge is 2.32. The standard InChI is InChI=1S/C25H33N3O8S/c1-18(2)15-27(37(33,34)22-10-8-20(9-11-22)28(31)32)16-24(29)23(14-19-6-4-3-5-7-19)26-25(30)36-21-12-13-35-17-21/h3-11,18,21,23-24,29H,12-17H2,1-2H3,(H,26,30)/t21-,23-,24+/m0/s1. The number of hydrogen-bond donors (Lipinski definition) is 2. The summed E-state index contributed by atoms with van der Waals surface area (Å²) in [5, 5.41) is 24.9. The largest absolute Gasteiger partial charge is 0.444 e. The zero-order valence-electron chi connectivity index (χ0n) is 20.9. The maximum absolute atomic E-state index is 13.4. The molecule has 202 valence electrons. The second kappa shape index (κ2) is 13.0. The lowest BCUT2D eigenvalue weighted by molar-refractivity contribution is -0.384. The van der Waals surface area contributed by atoms with Gasteiger partial charge < -0.3 is 19.9 Å². The Labute approximate surface area is 216 Å². The first-order valence-electron chi connectivity index (χ1n) is 12.1. The summed E-state index contributed by atoms with van der Waals surface area (Å²) >= 11 is 0. The zero-order valence-corrected chi connectivity index (χ0v) is 21.7. The number of non-ortho nitro benzene ring substituents is 1. The maximum Gasteiger partial charge on any atom is 0.407 e. The van der Waals surface area contributed by atoms with Gasteiger partial charge in [-0.2, -0.15) is 4.31 Å². The lowest BCUT2D eigenvalue weighted by Gasteiger charge is -2.30. The molecule has 0 saturated carbocycles. The molecule has 1 aliphatic heterocycles. The Bertz CT molecular complexity index is 1140. The fraction of sp³-hybridized carbons (Fsp3) is 0.480. The molecule has 0 radical (unpaired) electrons. The summed E-state index contributed by atoms with van der Waals surface area (Å²) in [6.07, 6.45) is -1.56. The van der Waals surface area contributed by atoms with E-state index in [4.69, 9.17) is 9.47 Å². The van der Waals surface area contributed by atoms with Crippen LogP contribution in [0, 0.1) is 16.0 Å². The van der Waals surface area contributed by atoms with Crippen molar-refractivity contribution >= 4 is 21.8 Å². The normalized spacial score (nSPS) is 17.5. The molecule has 3 rings (SSSR count). The molecule has 37 heavy (non-hydrogen) atoms. The van der Waals surface area contributed by atoms with Crippen molar-refractivity contribution in [1.82, 2.24) is 9.62 Å². The zero-order chi connectivity index (χ0) is 27.0. The minimum absolute atomic E-state index is 0.0760. The van der Waals surface area contributed by atoms with Gasteiger partial charge in [0.1, 0.15) is 6.10 Å². The van der Waals surface area contributed by atoms with Crippen LogP contribution in [0.2, 0.25) is 0 Å². The van der Waals surface area contributed by atoms with Gasteiger partial charge in [0, 0.05) is 31.6 Å². The molecule has 1 heterocycles. The average Bonchev–Trinajstić information content (AvgIpc) is 3.36. The van der Waals surface area contributed by atoms with Gasteiger partial charge in [-0.1, -0.05) is 44.2 Å². The van der Waals surface area contributed by atoms with E-state index in [9.17, 15) is 28.4 Å². The Kier molecular flexibility index (Phi) is 9.98. The molecular formula is C25H33N3O8S. The van der Waals surface area contributed by atoms with Gasteiger partial charge in [-0.3, -0.25) is 10.1 Å². The van der Waals surface area contributed by atoms with E-state index >= 15 is 0 Å². The van der Waals surface area contributed by atoms with Crippen molar-refractivity contribution in [1.29, 1.82) is 0 Å². The van der Waals surface area contributed by atoms with Crippen LogP contribution in [0.5, 0.6) is 0 Å². The Morgan fingerprint density at radius 1 is 1.19 bits per heavy atom. The van der Waals surface area contributed by atoms with Crippen LogP contribution >= 0.6 is 0 Å². The van der Waals surface area contributed by atoms with Crippen molar-refractivity contribution in [3.8, 4) is 0 Å². The molecule has 2 aromatic rings. The molecule has 0 spiro atoms. The van der Waals surface area contributed by atoms with Crippen LogP contribution in [-0.2, 0) is 25.9 Å². The molecule has 2 aromatic carbocycles. The molecule has 3 atom stereocenters. The van der Waals surface area contributed by atoms with Crippen LogP contribution < -0.4 is 5.32 Å². The third-order valence-corrected chi connectivity index (χ3v) is 7.72. The fourth-order valence-electron chi connectivity index (χ4n) is 4.00. The van der Waals surface area contributed by atoms with Crippen LogP contribution in [-0.4, -0.2) is 73.4 Å². The minimum Gasteiger partial charge on any atom is -0.444 e. The number of alkyl carbamates (subject to hydrolysis) is 1. The lowest BCUT2D eigenvalue weighted by Crippen LogP contribution is -2.51. The van der Waals surface area contributed by atoms with E-state index in [1.165, 1.54) is 12.1 Å². The smallest absolute Gasteiger partial charge is 0.407 e. The Balaban J connectivity index is 1.81. The first kappa shape index (κ1) is 28.5. The molecule has 1 fully saturated rings. The Hall–Kier alpha value is -3.06. The Morgan fingerprint density at radius 2 is 1.86 bits per heavy atom. The van der Waals surface area contributed by atoms with E-state index in [0.717, 1.165) is 22.0 Å². The highest BCUT2D eigenvalue weighted by Crippen LogP contribution is 2.22. The van der Waals surface area contributed by atoms with Crippen LogP contribution in [0.15, 0.2) is 59.5 Å². The summed E-state index contributed by atoms with van der Waals surface area (Å²) in [6, 6.07) is 12.9.